The number of carboxylic acid groups (broad SMARTS) is 2. The van der Waals surface area contributed by atoms with Crippen molar-refractivity contribution in [2.24, 2.45) is 0 Å². The quantitative estimate of drug-likeness (QED) is 0.461. The Morgan fingerprint density at radius 2 is 1.59 bits per heavy atom. The number of nitro benzene ring substituents is 1. The molecule has 0 radical (unpaired) electrons. The van der Waals surface area contributed by atoms with E-state index in [1.54, 1.807) is 12.1 Å². The summed E-state index contributed by atoms with van der Waals surface area (Å²) in [7, 11) is 0. The lowest BCUT2D eigenvalue weighted by atomic mass is 10.0. The number of carbonyl (C=O) groups is 2. The highest BCUT2D eigenvalue weighted by Crippen LogP contribution is 2.24. The lowest BCUT2D eigenvalue weighted by Gasteiger charge is -2.36. The Morgan fingerprint density at radius 1 is 1.04 bits per heavy atom. The van der Waals surface area contributed by atoms with E-state index in [-0.39, 0.29) is 10.6 Å². The molecule has 0 aliphatic carbocycles. The molecule has 1 aromatic carbocycles. The highest BCUT2D eigenvalue weighted by Gasteiger charge is 2.27. The number of para-hydroxylation sites is 1. The van der Waals surface area contributed by atoms with E-state index in [2.05, 4.69) is 9.80 Å². The van der Waals surface area contributed by atoms with E-state index in [4.69, 9.17) is 19.8 Å². The summed E-state index contributed by atoms with van der Waals surface area (Å²) in [6.45, 7) is 5.31. The number of hydrogen-bond donors (Lipinski definition) is 2. The number of piperidine rings is 1. The average Bonchev–Trinajstić information content (AvgIpc) is 3.18. The van der Waals surface area contributed by atoms with Gasteiger partial charge in [-0.2, -0.15) is 0 Å². The van der Waals surface area contributed by atoms with Crippen LogP contribution < -0.4 is 0 Å². The van der Waals surface area contributed by atoms with E-state index in [1.165, 1.54) is 38.8 Å². The molecule has 1 aromatic rings. The molecule has 0 saturated carbocycles. The zero-order chi connectivity index (χ0) is 19.8. The first-order valence-electron chi connectivity index (χ1n) is 9.03. The number of likely N-dealkylation sites (tertiary alicyclic amines) is 2. The van der Waals surface area contributed by atoms with Crippen LogP contribution in [0.3, 0.4) is 0 Å². The lowest BCUT2D eigenvalue weighted by Crippen LogP contribution is -2.43. The van der Waals surface area contributed by atoms with Crippen LogP contribution in [-0.4, -0.2) is 69.1 Å². The van der Waals surface area contributed by atoms with Crippen LogP contribution in [0, 0.1) is 10.1 Å². The van der Waals surface area contributed by atoms with Gasteiger partial charge in [-0.05, 0) is 51.9 Å². The second kappa shape index (κ2) is 9.98. The number of hydrogen-bond acceptors (Lipinski definition) is 6. The smallest absolute Gasteiger partial charge is 0.414 e. The number of nitrogens with zero attached hydrogens (tertiary/aromatic N) is 3. The SMILES string of the molecule is O=C(O)C(=O)O.O=[N+]([O-])c1ccccc1CN1CCC(N2CCCC2)CC1. The maximum atomic E-state index is 11.1. The summed E-state index contributed by atoms with van der Waals surface area (Å²) in [5.74, 6) is -3.65. The minimum absolute atomic E-state index is 0.249. The van der Waals surface area contributed by atoms with Crippen LogP contribution in [0.4, 0.5) is 5.69 Å². The number of nitro groups is 1. The molecule has 148 valence electrons. The largest absolute Gasteiger partial charge is 0.473 e. The van der Waals surface area contributed by atoms with Crippen molar-refractivity contribution in [1.82, 2.24) is 9.80 Å². The number of rotatable bonds is 4. The minimum atomic E-state index is -1.82. The summed E-state index contributed by atoms with van der Waals surface area (Å²) < 4.78 is 0. The van der Waals surface area contributed by atoms with Crippen LogP contribution in [-0.2, 0) is 16.1 Å². The molecule has 0 spiro atoms. The van der Waals surface area contributed by atoms with Crippen molar-refractivity contribution in [2.75, 3.05) is 26.2 Å². The van der Waals surface area contributed by atoms with Crippen molar-refractivity contribution >= 4 is 17.6 Å². The van der Waals surface area contributed by atoms with Crippen LogP contribution in [0.1, 0.15) is 31.2 Å². The minimum Gasteiger partial charge on any atom is -0.473 e. The fourth-order valence-electron chi connectivity index (χ4n) is 3.61. The molecule has 0 atom stereocenters. The molecule has 27 heavy (non-hydrogen) atoms. The third kappa shape index (κ3) is 6.30. The van der Waals surface area contributed by atoms with Gasteiger partial charge in [-0.1, -0.05) is 18.2 Å². The van der Waals surface area contributed by atoms with Gasteiger partial charge in [0.2, 0.25) is 0 Å². The van der Waals surface area contributed by atoms with Crippen LogP contribution in [0.25, 0.3) is 0 Å². The van der Waals surface area contributed by atoms with E-state index < -0.39 is 11.9 Å². The Bertz CT molecular complexity index is 655. The average molecular weight is 379 g/mol. The molecule has 0 bridgehead atoms. The summed E-state index contributed by atoms with van der Waals surface area (Å²) >= 11 is 0. The van der Waals surface area contributed by atoms with E-state index in [0.717, 1.165) is 24.7 Å². The molecule has 2 fully saturated rings. The fraction of sp³-hybridized carbons (Fsp3) is 0.556. The normalized spacial score (nSPS) is 18.5. The predicted octanol–water partition coefficient (Wildman–Crippen LogP) is 1.81. The molecule has 2 aliphatic heterocycles. The second-order valence-electron chi connectivity index (χ2n) is 6.75. The molecule has 0 aromatic heterocycles. The summed E-state index contributed by atoms with van der Waals surface area (Å²) in [5.41, 5.74) is 1.08. The van der Waals surface area contributed by atoms with Gasteiger partial charge in [-0.3, -0.25) is 15.0 Å². The van der Waals surface area contributed by atoms with Crippen molar-refractivity contribution in [3.05, 3.63) is 39.9 Å². The van der Waals surface area contributed by atoms with Gasteiger partial charge in [0.1, 0.15) is 0 Å². The first-order chi connectivity index (χ1) is 12.9. The molecule has 9 nitrogen and oxygen atoms in total. The molecule has 2 heterocycles. The van der Waals surface area contributed by atoms with Crippen LogP contribution in [0.2, 0.25) is 0 Å². The van der Waals surface area contributed by atoms with Crippen LogP contribution >= 0.6 is 0 Å². The van der Waals surface area contributed by atoms with Gasteiger partial charge in [-0.25, -0.2) is 9.59 Å². The van der Waals surface area contributed by atoms with Gasteiger partial charge in [-0.15, -0.1) is 0 Å². The maximum Gasteiger partial charge on any atom is 0.414 e. The topological polar surface area (TPSA) is 124 Å². The molecule has 9 heteroatoms. The highest BCUT2D eigenvalue weighted by molar-refractivity contribution is 6.27. The first kappa shape index (κ1) is 20.8. The van der Waals surface area contributed by atoms with Crippen molar-refractivity contribution < 1.29 is 24.7 Å². The van der Waals surface area contributed by atoms with Crippen LogP contribution in [0.15, 0.2) is 24.3 Å². The molecule has 2 saturated heterocycles. The maximum absolute atomic E-state index is 11.1. The van der Waals surface area contributed by atoms with Crippen molar-refractivity contribution in [3.63, 3.8) is 0 Å². The zero-order valence-electron chi connectivity index (χ0n) is 15.1. The van der Waals surface area contributed by atoms with Crippen LogP contribution in [0.5, 0.6) is 0 Å². The van der Waals surface area contributed by atoms with Gasteiger partial charge in [0.25, 0.3) is 5.69 Å². The number of benzene rings is 1. The molecule has 0 unspecified atom stereocenters. The van der Waals surface area contributed by atoms with Gasteiger partial charge in [0, 0.05) is 24.2 Å². The van der Waals surface area contributed by atoms with Crippen molar-refractivity contribution in [1.29, 1.82) is 0 Å². The number of carboxylic acids is 2. The highest BCUT2D eigenvalue weighted by atomic mass is 16.6. The molecular weight excluding hydrogens is 354 g/mol. The first-order valence-corrected chi connectivity index (χ1v) is 9.03. The van der Waals surface area contributed by atoms with E-state index >= 15 is 0 Å². The predicted molar refractivity (Wildman–Crippen MR) is 97.5 cm³/mol. The van der Waals surface area contributed by atoms with Gasteiger partial charge >= 0.3 is 11.9 Å². The molecule has 3 rings (SSSR count). The fourth-order valence-corrected chi connectivity index (χ4v) is 3.61. The Morgan fingerprint density at radius 3 is 2.11 bits per heavy atom. The molecule has 2 aliphatic rings. The Kier molecular flexibility index (Phi) is 7.68. The van der Waals surface area contributed by atoms with Gasteiger partial charge < -0.3 is 15.1 Å². The monoisotopic (exact) mass is 379 g/mol. The van der Waals surface area contributed by atoms with E-state index in [0.29, 0.717) is 6.54 Å². The number of aliphatic carboxylic acids is 2. The molecule has 0 amide bonds. The third-order valence-electron chi connectivity index (χ3n) is 4.98. The summed E-state index contributed by atoms with van der Waals surface area (Å²) in [5, 5.41) is 25.9. The summed E-state index contributed by atoms with van der Waals surface area (Å²) in [4.78, 5) is 34.0. The second-order valence-corrected chi connectivity index (χ2v) is 6.75. The van der Waals surface area contributed by atoms with Crippen molar-refractivity contribution in [3.8, 4) is 0 Å². The van der Waals surface area contributed by atoms with E-state index in [1.807, 2.05) is 12.1 Å². The Balaban J connectivity index is 0.000000380. The Labute approximate surface area is 157 Å². The van der Waals surface area contributed by atoms with Gasteiger partial charge in [0.15, 0.2) is 0 Å². The standard InChI is InChI=1S/C16H23N3O2.C2H2O4/c20-19(21)16-6-2-1-5-14(16)13-17-11-7-15(8-12-17)18-9-3-4-10-18;3-1(4)2(5)6/h1-2,5-6,15H,3-4,7-13H2;(H,3,4)(H,5,6). The summed E-state index contributed by atoms with van der Waals surface area (Å²) in [6, 6.07) is 7.84. The van der Waals surface area contributed by atoms with E-state index in [9.17, 15) is 10.1 Å². The summed E-state index contributed by atoms with van der Waals surface area (Å²) in [6.07, 6.45) is 5.08. The van der Waals surface area contributed by atoms with Gasteiger partial charge in [0.05, 0.1) is 4.92 Å². The third-order valence-corrected chi connectivity index (χ3v) is 4.98. The molecule has 2 N–H and O–H groups in total. The Hall–Kier alpha value is -2.52. The zero-order valence-corrected chi connectivity index (χ0v) is 15.1. The van der Waals surface area contributed by atoms with Crippen molar-refractivity contribution in [2.45, 2.75) is 38.3 Å². The molecular formula is C18H25N3O6. The lowest BCUT2D eigenvalue weighted by molar-refractivity contribution is -0.385.